The molecular weight excluding hydrogens is 368 g/mol. The molecule has 29 heavy (non-hydrogen) atoms. The van der Waals surface area contributed by atoms with Gasteiger partial charge in [-0.1, -0.05) is 30.3 Å². The molecule has 146 valence electrons. The van der Waals surface area contributed by atoms with Crippen molar-refractivity contribution in [3.8, 4) is 0 Å². The SMILES string of the molecule is O=C1C(=O)N(CCCn2ccnc2)[C@H](c2ccncc2)/C1=C(\O)c1ccccc1. The molecule has 1 aromatic carbocycles. The zero-order chi connectivity index (χ0) is 20.2. The highest BCUT2D eigenvalue weighted by atomic mass is 16.3. The Morgan fingerprint density at radius 1 is 0.966 bits per heavy atom. The molecule has 0 aliphatic carbocycles. The van der Waals surface area contributed by atoms with Gasteiger partial charge < -0.3 is 14.6 Å². The van der Waals surface area contributed by atoms with E-state index < -0.39 is 17.7 Å². The Kier molecular flexibility index (Phi) is 5.20. The molecule has 3 aromatic rings. The number of hydrogen-bond donors (Lipinski definition) is 1. The maximum atomic E-state index is 12.9. The molecule has 0 unspecified atom stereocenters. The normalized spacial score (nSPS) is 18.3. The van der Waals surface area contributed by atoms with Crippen molar-refractivity contribution in [1.82, 2.24) is 19.4 Å². The number of nitrogens with zero attached hydrogens (tertiary/aromatic N) is 4. The number of benzene rings is 1. The monoisotopic (exact) mass is 388 g/mol. The maximum Gasteiger partial charge on any atom is 0.295 e. The minimum atomic E-state index is -0.671. The summed E-state index contributed by atoms with van der Waals surface area (Å²) >= 11 is 0. The molecule has 1 amide bonds. The molecule has 0 spiro atoms. The first-order valence-corrected chi connectivity index (χ1v) is 9.36. The first-order valence-electron chi connectivity index (χ1n) is 9.36. The lowest BCUT2D eigenvalue weighted by atomic mass is 9.96. The maximum absolute atomic E-state index is 12.9. The van der Waals surface area contributed by atoms with Crippen LogP contribution in [0.1, 0.15) is 23.6 Å². The fourth-order valence-corrected chi connectivity index (χ4v) is 3.60. The molecule has 1 aliphatic rings. The van der Waals surface area contributed by atoms with Crippen molar-refractivity contribution < 1.29 is 14.7 Å². The predicted molar refractivity (Wildman–Crippen MR) is 107 cm³/mol. The van der Waals surface area contributed by atoms with E-state index in [1.54, 1.807) is 61.3 Å². The summed E-state index contributed by atoms with van der Waals surface area (Å²) in [5, 5.41) is 10.9. The molecule has 0 radical (unpaired) electrons. The lowest BCUT2D eigenvalue weighted by Gasteiger charge is -2.25. The quantitative estimate of drug-likeness (QED) is 0.399. The number of aliphatic hydroxyl groups is 1. The van der Waals surface area contributed by atoms with E-state index in [0.717, 1.165) is 5.56 Å². The van der Waals surface area contributed by atoms with Gasteiger partial charge in [-0.15, -0.1) is 0 Å². The third-order valence-corrected chi connectivity index (χ3v) is 4.98. The minimum absolute atomic E-state index is 0.107. The van der Waals surface area contributed by atoms with Gasteiger partial charge >= 0.3 is 0 Å². The average Bonchev–Trinajstić information content (AvgIpc) is 3.37. The van der Waals surface area contributed by atoms with E-state index in [4.69, 9.17) is 0 Å². The van der Waals surface area contributed by atoms with Crippen molar-refractivity contribution in [1.29, 1.82) is 0 Å². The number of likely N-dealkylation sites (tertiary alicyclic amines) is 1. The minimum Gasteiger partial charge on any atom is -0.507 e. The predicted octanol–water partition coefficient (Wildman–Crippen LogP) is 2.79. The summed E-state index contributed by atoms with van der Waals surface area (Å²) in [5.74, 6) is -1.44. The van der Waals surface area contributed by atoms with Crippen LogP contribution in [0.5, 0.6) is 0 Å². The zero-order valence-electron chi connectivity index (χ0n) is 15.7. The van der Waals surface area contributed by atoms with Crippen LogP contribution in [0.2, 0.25) is 0 Å². The van der Waals surface area contributed by atoms with Crippen LogP contribution in [0.25, 0.3) is 5.76 Å². The molecule has 1 atom stereocenters. The summed E-state index contributed by atoms with van der Waals surface area (Å²) in [6.07, 6.45) is 9.14. The first kappa shape index (κ1) is 18.6. The van der Waals surface area contributed by atoms with Crippen LogP contribution in [0.3, 0.4) is 0 Å². The molecule has 3 heterocycles. The summed E-state index contributed by atoms with van der Waals surface area (Å²) < 4.78 is 1.92. The molecule has 7 heteroatoms. The van der Waals surface area contributed by atoms with Crippen LogP contribution in [0.15, 0.2) is 79.2 Å². The molecule has 1 saturated heterocycles. The van der Waals surface area contributed by atoms with Gasteiger partial charge in [0.15, 0.2) is 0 Å². The number of aliphatic hydroxyl groups excluding tert-OH is 1. The number of aryl methyl sites for hydroxylation is 1. The highest BCUT2D eigenvalue weighted by Crippen LogP contribution is 2.39. The average molecular weight is 388 g/mol. The van der Waals surface area contributed by atoms with Gasteiger partial charge in [0.1, 0.15) is 5.76 Å². The zero-order valence-corrected chi connectivity index (χ0v) is 15.7. The van der Waals surface area contributed by atoms with Crippen molar-refractivity contribution in [3.63, 3.8) is 0 Å². The number of hydrogen-bond acceptors (Lipinski definition) is 5. The number of Topliss-reactive ketones (excluding diaryl/α,β-unsaturated/α-hetero) is 1. The molecular formula is C22H20N4O3. The Hall–Kier alpha value is -3.74. The number of pyridine rings is 1. The van der Waals surface area contributed by atoms with Gasteiger partial charge in [-0.25, -0.2) is 4.98 Å². The second kappa shape index (κ2) is 8.10. The van der Waals surface area contributed by atoms with Crippen LogP contribution in [0, 0.1) is 0 Å². The van der Waals surface area contributed by atoms with E-state index in [1.165, 1.54) is 4.90 Å². The number of carbonyl (C=O) groups is 2. The van der Waals surface area contributed by atoms with Gasteiger partial charge in [0.2, 0.25) is 0 Å². The van der Waals surface area contributed by atoms with E-state index in [9.17, 15) is 14.7 Å². The molecule has 4 rings (SSSR count). The molecule has 1 N–H and O–H groups in total. The van der Waals surface area contributed by atoms with Gasteiger partial charge in [0.05, 0.1) is 17.9 Å². The molecule has 2 aromatic heterocycles. The summed E-state index contributed by atoms with van der Waals surface area (Å²) in [6.45, 7) is 1.05. The van der Waals surface area contributed by atoms with Crippen molar-refractivity contribution in [2.45, 2.75) is 19.0 Å². The lowest BCUT2D eigenvalue weighted by molar-refractivity contribution is -0.139. The summed E-state index contributed by atoms with van der Waals surface area (Å²) in [7, 11) is 0. The van der Waals surface area contributed by atoms with E-state index >= 15 is 0 Å². The smallest absolute Gasteiger partial charge is 0.295 e. The second-order valence-corrected chi connectivity index (χ2v) is 6.79. The standard InChI is InChI=1S/C22H20N4O3/c27-20(17-5-2-1-3-6-17)18-19(16-7-9-23-10-8-16)26(22(29)21(18)28)13-4-12-25-14-11-24-15-25/h1-3,5-11,14-15,19,27H,4,12-13H2/b20-18+/t19-/m1/s1. The van der Waals surface area contributed by atoms with Crippen LogP contribution in [0.4, 0.5) is 0 Å². The van der Waals surface area contributed by atoms with Crippen LogP contribution in [-0.4, -0.2) is 42.8 Å². The van der Waals surface area contributed by atoms with Crippen LogP contribution in [-0.2, 0) is 16.1 Å². The van der Waals surface area contributed by atoms with Crippen molar-refractivity contribution in [3.05, 3.63) is 90.3 Å². The highest BCUT2D eigenvalue weighted by molar-refractivity contribution is 6.46. The molecule has 1 fully saturated rings. The molecule has 1 aliphatic heterocycles. The third kappa shape index (κ3) is 3.67. The Bertz CT molecular complexity index is 1030. The number of carbonyl (C=O) groups excluding carboxylic acids is 2. The topological polar surface area (TPSA) is 88.3 Å². The largest absolute Gasteiger partial charge is 0.507 e. The summed E-state index contributed by atoms with van der Waals surface area (Å²) in [6, 6.07) is 11.7. The summed E-state index contributed by atoms with van der Waals surface area (Å²) in [4.78, 5) is 35.3. The number of imidazole rings is 1. The van der Waals surface area contributed by atoms with E-state index in [1.807, 2.05) is 16.8 Å². The fraction of sp³-hybridized carbons (Fsp3) is 0.182. The van der Waals surface area contributed by atoms with Crippen LogP contribution < -0.4 is 0 Å². The summed E-state index contributed by atoms with van der Waals surface area (Å²) in [5.41, 5.74) is 1.34. The van der Waals surface area contributed by atoms with E-state index in [-0.39, 0.29) is 11.3 Å². The number of amides is 1. The molecule has 7 nitrogen and oxygen atoms in total. The van der Waals surface area contributed by atoms with Gasteiger partial charge in [-0.3, -0.25) is 14.6 Å². The molecule has 0 bridgehead atoms. The molecule has 0 saturated carbocycles. The van der Waals surface area contributed by atoms with Crippen molar-refractivity contribution >= 4 is 17.4 Å². The Morgan fingerprint density at radius 3 is 2.41 bits per heavy atom. The van der Waals surface area contributed by atoms with Gasteiger partial charge in [0.25, 0.3) is 11.7 Å². The number of ketones is 1. The fourth-order valence-electron chi connectivity index (χ4n) is 3.60. The van der Waals surface area contributed by atoms with Gasteiger partial charge in [-0.2, -0.15) is 0 Å². The van der Waals surface area contributed by atoms with Crippen molar-refractivity contribution in [2.75, 3.05) is 6.54 Å². The lowest BCUT2D eigenvalue weighted by Crippen LogP contribution is -2.31. The Morgan fingerprint density at radius 2 is 1.72 bits per heavy atom. The van der Waals surface area contributed by atoms with Gasteiger partial charge in [-0.05, 0) is 24.1 Å². The second-order valence-electron chi connectivity index (χ2n) is 6.79. The third-order valence-electron chi connectivity index (χ3n) is 4.98. The van der Waals surface area contributed by atoms with E-state index in [2.05, 4.69) is 9.97 Å². The highest BCUT2D eigenvalue weighted by Gasteiger charge is 2.45. The first-order chi connectivity index (χ1) is 14.2. The van der Waals surface area contributed by atoms with Crippen LogP contribution >= 0.6 is 0 Å². The Balaban J connectivity index is 1.70. The number of rotatable bonds is 6. The van der Waals surface area contributed by atoms with Gasteiger partial charge in [0, 0.05) is 43.4 Å². The Labute approximate surface area is 168 Å². The van der Waals surface area contributed by atoms with Crippen molar-refractivity contribution in [2.24, 2.45) is 0 Å². The van der Waals surface area contributed by atoms with E-state index in [0.29, 0.717) is 25.1 Å². The number of aromatic nitrogens is 3.